The third-order valence-electron chi connectivity index (χ3n) is 3.09. The molecule has 1 heterocycles. The van der Waals surface area contributed by atoms with Crippen molar-refractivity contribution < 1.29 is 5.11 Å². The second kappa shape index (κ2) is 2.99. The first kappa shape index (κ1) is 9.53. The lowest BCUT2D eigenvalue weighted by molar-refractivity contribution is 0.358. The Morgan fingerprint density at radius 2 is 2.14 bits per heavy atom. The van der Waals surface area contributed by atoms with E-state index in [1.807, 2.05) is 12.1 Å². The van der Waals surface area contributed by atoms with E-state index in [0.717, 1.165) is 6.54 Å². The molecule has 0 aromatic heterocycles. The van der Waals surface area contributed by atoms with Gasteiger partial charge in [-0.05, 0) is 43.0 Å². The highest BCUT2D eigenvalue weighted by molar-refractivity contribution is 5.42. The highest BCUT2D eigenvalue weighted by Crippen LogP contribution is 2.35. The lowest BCUT2D eigenvalue weighted by Crippen LogP contribution is -2.43. The van der Waals surface area contributed by atoms with E-state index < -0.39 is 0 Å². The van der Waals surface area contributed by atoms with Gasteiger partial charge in [-0.15, -0.1) is 0 Å². The fourth-order valence-electron chi connectivity index (χ4n) is 2.14. The van der Waals surface area contributed by atoms with E-state index in [4.69, 9.17) is 0 Å². The quantitative estimate of drug-likeness (QED) is 0.659. The molecule has 1 aliphatic rings. The maximum absolute atomic E-state index is 9.46. The molecule has 76 valence electrons. The summed E-state index contributed by atoms with van der Waals surface area (Å²) in [5.41, 5.74) is 2.60. The Hall–Kier alpha value is -1.02. The van der Waals surface area contributed by atoms with E-state index >= 15 is 0 Å². The summed E-state index contributed by atoms with van der Waals surface area (Å²) in [4.78, 5) is 0. The van der Waals surface area contributed by atoms with Crippen LogP contribution in [0.25, 0.3) is 0 Å². The number of nitrogens with one attached hydrogen (secondary N) is 1. The predicted octanol–water partition coefficient (Wildman–Crippen LogP) is 2.33. The molecule has 0 bridgehead atoms. The van der Waals surface area contributed by atoms with Gasteiger partial charge in [0, 0.05) is 12.1 Å². The number of phenolic OH excluding ortho intramolecular Hbond substituents is 1. The summed E-state index contributed by atoms with van der Waals surface area (Å²) in [5, 5.41) is 13.0. The van der Waals surface area contributed by atoms with Gasteiger partial charge in [0.2, 0.25) is 0 Å². The number of hydrogen-bond acceptors (Lipinski definition) is 2. The summed E-state index contributed by atoms with van der Waals surface area (Å²) in [6.45, 7) is 7.51. The minimum absolute atomic E-state index is 0.0234. The fraction of sp³-hybridized carbons (Fsp3) is 0.500. The van der Waals surface area contributed by atoms with Crippen LogP contribution in [-0.4, -0.2) is 11.7 Å². The lowest BCUT2D eigenvalue weighted by atomic mass is 9.81. The van der Waals surface area contributed by atoms with Gasteiger partial charge in [-0.2, -0.15) is 0 Å². The van der Waals surface area contributed by atoms with Crippen LogP contribution < -0.4 is 5.32 Å². The molecular formula is C12H17NO. The van der Waals surface area contributed by atoms with Crippen molar-refractivity contribution >= 4 is 0 Å². The molecule has 0 amide bonds. The predicted molar refractivity (Wildman–Crippen MR) is 57.6 cm³/mol. The van der Waals surface area contributed by atoms with E-state index in [1.54, 1.807) is 6.07 Å². The Labute approximate surface area is 85.0 Å². The molecule has 1 aromatic carbocycles. The number of hydrogen-bond donors (Lipinski definition) is 2. The van der Waals surface area contributed by atoms with Crippen molar-refractivity contribution in [2.45, 2.75) is 32.2 Å². The summed E-state index contributed by atoms with van der Waals surface area (Å²) in [6, 6.07) is 5.68. The van der Waals surface area contributed by atoms with E-state index in [2.05, 4.69) is 26.1 Å². The number of phenols is 1. The Kier molecular flexibility index (Phi) is 2.04. The molecule has 1 aromatic rings. The van der Waals surface area contributed by atoms with Crippen LogP contribution in [0, 0.1) is 0 Å². The SMILES string of the molecule is CC1CNC(C)(C)c2ccc(O)cc21. The van der Waals surface area contributed by atoms with Crippen LogP contribution >= 0.6 is 0 Å². The standard InChI is InChI=1S/C12H17NO/c1-8-7-13-12(2,3)11-5-4-9(14)6-10(8)11/h4-6,8,13-14H,7H2,1-3H3. The third kappa shape index (κ3) is 1.40. The summed E-state index contributed by atoms with van der Waals surface area (Å²) in [6.07, 6.45) is 0. The van der Waals surface area contributed by atoms with Gasteiger partial charge in [0.25, 0.3) is 0 Å². The zero-order valence-electron chi connectivity index (χ0n) is 8.96. The molecule has 0 radical (unpaired) electrons. The van der Waals surface area contributed by atoms with Gasteiger partial charge in [-0.3, -0.25) is 0 Å². The largest absolute Gasteiger partial charge is 0.508 e. The van der Waals surface area contributed by atoms with Crippen molar-refractivity contribution in [1.82, 2.24) is 5.32 Å². The minimum Gasteiger partial charge on any atom is -0.508 e. The van der Waals surface area contributed by atoms with Gasteiger partial charge in [0.05, 0.1) is 0 Å². The van der Waals surface area contributed by atoms with Crippen LogP contribution in [0.5, 0.6) is 5.75 Å². The monoisotopic (exact) mass is 191 g/mol. The van der Waals surface area contributed by atoms with Crippen molar-refractivity contribution in [1.29, 1.82) is 0 Å². The molecule has 1 unspecified atom stereocenters. The second-order valence-corrected chi connectivity index (χ2v) is 4.68. The first-order chi connectivity index (χ1) is 6.50. The van der Waals surface area contributed by atoms with Crippen LogP contribution in [-0.2, 0) is 5.54 Å². The Balaban J connectivity index is 2.57. The van der Waals surface area contributed by atoms with E-state index in [0.29, 0.717) is 11.7 Å². The molecule has 2 N–H and O–H groups in total. The zero-order chi connectivity index (χ0) is 10.3. The van der Waals surface area contributed by atoms with Crippen molar-refractivity contribution in [2.24, 2.45) is 0 Å². The highest BCUT2D eigenvalue weighted by Gasteiger charge is 2.30. The molecule has 2 heteroatoms. The van der Waals surface area contributed by atoms with Crippen molar-refractivity contribution in [2.75, 3.05) is 6.54 Å². The fourth-order valence-corrected chi connectivity index (χ4v) is 2.14. The molecule has 0 spiro atoms. The van der Waals surface area contributed by atoms with Crippen LogP contribution in [0.15, 0.2) is 18.2 Å². The molecule has 1 atom stereocenters. The molecule has 0 aliphatic carbocycles. The normalized spacial score (nSPS) is 24.4. The van der Waals surface area contributed by atoms with E-state index in [9.17, 15) is 5.11 Å². The molecule has 0 saturated carbocycles. The van der Waals surface area contributed by atoms with Crippen molar-refractivity contribution in [3.05, 3.63) is 29.3 Å². The summed E-state index contributed by atoms with van der Waals surface area (Å²) in [5.74, 6) is 0.846. The first-order valence-corrected chi connectivity index (χ1v) is 5.09. The molecule has 0 saturated heterocycles. The summed E-state index contributed by atoms with van der Waals surface area (Å²) >= 11 is 0. The van der Waals surface area contributed by atoms with Crippen molar-refractivity contribution in [3.8, 4) is 5.75 Å². The first-order valence-electron chi connectivity index (χ1n) is 5.09. The smallest absolute Gasteiger partial charge is 0.115 e. The van der Waals surface area contributed by atoms with Crippen LogP contribution in [0.1, 0.15) is 37.8 Å². The number of rotatable bonds is 0. The van der Waals surface area contributed by atoms with Crippen LogP contribution in [0.4, 0.5) is 0 Å². The van der Waals surface area contributed by atoms with Crippen LogP contribution in [0.2, 0.25) is 0 Å². The van der Waals surface area contributed by atoms with Gasteiger partial charge in [-0.25, -0.2) is 0 Å². The number of benzene rings is 1. The Morgan fingerprint density at radius 3 is 2.86 bits per heavy atom. The highest BCUT2D eigenvalue weighted by atomic mass is 16.3. The molecule has 2 nitrogen and oxygen atoms in total. The average Bonchev–Trinajstić information content (AvgIpc) is 2.12. The maximum Gasteiger partial charge on any atom is 0.115 e. The van der Waals surface area contributed by atoms with Crippen LogP contribution in [0.3, 0.4) is 0 Å². The molecule has 1 aliphatic heterocycles. The number of aromatic hydroxyl groups is 1. The maximum atomic E-state index is 9.46. The van der Waals surface area contributed by atoms with Gasteiger partial charge in [-0.1, -0.05) is 13.0 Å². The number of fused-ring (bicyclic) bond motifs is 1. The molecule has 14 heavy (non-hydrogen) atoms. The van der Waals surface area contributed by atoms with Gasteiger partial charge in [0.15, 0.2) is 0 Å². The summed E-state index contributed by atoms with van der Waals surface area (Å²) in [7, 11) is 0. The molecule has 0 fully saturated rings. The zero-order valence-corrected chi connectivity index (χ0v) is 8.96. The van der Waals surface area contributed by atoms with E-state index in [1.165, 1.54) is 11.1 Å². The van der Waals surface area contributed by atoms with Gasteiger partial charge >= 0.3 is 0 Å². The summed E-state index contributed by atoms with van der Waals surface area (Å²) < 4.78 is 0. The topological polar surface area (TPSA) is 32.3 Å². The average molecular weight is 191 g/mol. The Morgan fingerprint density at radius 1 is 1.43 bits per heavy atom. The Bertz CT molecular complexity index is 357. The second-order valence-electron chi connectivity index (χ2n) is 4.68. The van der Waals surface area contributed by atoms with E-state index in [-0.39, 0.29) is 5.54 Å². The lowest BCUT2D eigenvalue weighted by Gasteiger charge is -2.37. The molecule has 2 rings (SSSR count). The molecular weight excluding hydrogens is 174 g/mol. The van der Waals surface area contributed by atoms with Gasteiger partial charge in [0.1, 0.15) is 5.75 Å². The van der Waals surface area contributed by atoms with Gasteiger partial charge < -0.3 is 10.4 Å². The third-order valence-corrected chi connectivity index (χ3v) is 3.09. The van der Waals surface area contributed by atoms with Crippen molar-refractivity contribution in [3.63, 3.8) is 0 Å². The minimum atomic E-state index is 0.0234.